The van der Waals surface area contributed by atoms with E-state index in [1.807, 2.05) is 30.3 Å². The molecule has 2 aliphatic heterocycles. The number of halogens is 1. The average molecular weight is 513 g/mol. The number of fused-ring (bicyclic) bond motifs is 1. The van der Waals surface area contributed by atoms with Gasteiger partial charge in [0.1, 0.15) is 4.60 Å². The summed E-state index contributed by atoms with van der Waals surface area (Å²) in [4.78, 5) is 26.4. The van der Waals surface area contributed by atoms with Crippen LogP contribution in [-0.2, 0) is 4.74 Å². The lowest BCUT2D eigenvalue weighted by atomic mass is 10.2. The molecule has 0 aliphatic carbocycles. The summed E-state index contributed by atoms with van der Waals surface area (Å²) in [6.07, 6.45) is 0. The molecule has 1 aromatic carbocycles. The molecule has 0 amide bonds. The fourth-order valence-electron chi connectivity index (χ4n) is 4.13. The lowest BCUT2D eigenvalue weighted by Gasteiger charge is -2.33. The van der Waals surface area contributed by atoms with Crippen molar-refractivity contribution in [3.05, 3.63) is 34.9 Å². The maximum Gasteiger partial charge on any atom is 0.186 e. The number of rotatable bonds is 6. The van der Waals surface area contributed by atoms with Crippen molar-refractivity contribution in [2.45, 2.75) is 0 Å². The van der Waals surface area contributed by atoms with E-state index >= 15 is 0 Å². The Labute approximate surface area is 202 Å². The second-order valence-corrected chi connectivity index (χ2v) is 9.19. The van der Waals surface area contributed by atoms with Crippen molar-refractivity contribution in [2.24, 2.45) is 0 Å². The van der Waals surface area contributed by atoms with Crippen LogP contribution in [0.1, 0.15) is 0 Å². The second-order valence-electron chi connectivity index (χ2n) is 8.44. The standard InChI is InChI=1S/C23H29BrN8O/c1-30-9-11-32(12-10-30)23-19(24)26-18-21(25-7-8-31-13-15-33-16-14-31)27-20(28-22(18)29-23)17-5-3-2-4-6-17/h2-6H,7-16H2,1H3,(H,25,27,28,29). The first-order valence-corrected chi connectivity index (χ1v) is 12.2. The molecule has 2 saturated heterocycles. The van der Waals surface area contributed by atoms with E-state index in [0.29, 0.717) is 22.8 Å². The topological polar surface area (TPSA) is 82.5 Å². The zero-order valence-electron chi connectivity index (χ0n) is 18.9. The third-order valence-corrected chi connectivity index (χ3v) is 6.66. The molecular weight excluding hydrogens is 484 g/mol. The molecule has 4 heterocycles. The van der Waals surface area contributed by atoms with Crippen molar-refractivity contribution in [1.29, 1.82) is 0 Å². The summed E-state index contributed by atoms with van der Waals surface area (Å²) in [5.74, 6) is 2.20. The molecule has 0 saturated carbocycles. The summed E-state index contributed by atoms with van der Waals surface area (Å²) in [6.45, 7) is 9.02. The summed E-state index contributed by atoms with van der Waals surface area (Å²) in [6, 6.07) is 10.0. The quantitative estimate of drug-likeness (QED) is 0.534. The van der Waals surface area contributed by atoms with E-state index in [9.17, 15) is 0 Å². The van der Waals surface area contributed by atoms with E-state index in [0.717, 1.165) is 81.6 Å². The summed E-state index contributed by atoms with van der Waals surface area (Å²) < 4.78 is 6.18. The first-order valence-electron chi connectivity index (χ1n) is 11.5. The Morgan fingerprint density at radius 2 is 1.70 bits per heavy atom. The van der Waals surface area contributed by atoms with E-state index in [-0.39, 0.29) is 0 Å². The lowest BCUT2D eigenvalue weighted by Crippen LogP contribution is -2.45. The van der Waals surface area contributed by atoms with Crippen LogP contribution in [0.3, 0.4) is 0 Å². The number of aromatic nitrogens is 4. The molecule has 174 valence electrons. The first kappa shape index (κ1) is 22.4. The highest BCUT2D eigenvalue weighted by Gasteiger charge is 2.21. The third kappa shape index (κ3) is 5.24. The minimum atomic E-state index is 0.606. The SMILES string of the molecule is CN1CCN(c2nc3nc(-c4ccccc4)nc(NCCN4CCOCC4)c3nc2Br)CC1. The number of hydrogen-bond acceptors (Lipinski definition) is 9. The minimum absolute atomic E-state index is 0.606. The highest BCUT2D eigenvalue weighted by Crippen LogP contribution is 2.29. The van der Waals surface area contributed by atoms with Crippen LogP contribution in [0.2, 0.25) is 0 Å². The van der Waals surface area contributed by atoms with Crippen LogP contribution in [0.4, 0.5) is 11.6 Å². The molecule has 2 fully saturated rings. The number of likely N-dealkylation sites (N-methyl/N-ethyl adjacent to an activating group) is 1. The number of ether oxygens (including phenoxy) is 1. The maximum atomic E-state index is 5.45. The summed E-state index contributed by atoms with van der Waals surface area (Å²) in [5, 5.41) is 3.50. The van der Waals surface area contributed by atoms with E-state index in [1.54, 1.807) is 0 Å². The number of benzene rings is 1. The normalized spacial score (nSPS) is 18.1. The van der Waals surface area contributed by atoms with Gasteiger partial charge < -0.3 is 19.9 Å². The van der Waals surface area contributed by atoms with Gasteiger partial charge in [0.15, 0.2) is 28.6 Å². The van der Waals surface area contributed by atoms with Gasteiger partial charge in [0.2, 0.25) is 0 Å². The maximum absolute atomic E-state index is 5.45. The number of morpholine rings is 1. The molecule has 0 unspecified atom stereocenters. The third-order valence-electron chi connectivity index (χ3n) is 6.13. The number of nitrogens with one attached hydrogen (secondary N) is 1. The van der Waals surface area contributed by atoms with E-state index in [2.05, 4.69) is 43.0 Å². The first-order chi connectivity index (χ1) is 16.2. The minimum Gasteiger partial charge on any atom is -0.379 e. The Kier molecular flexibility index (Phi) is 6.96. The summed E-state index contributed by atoms with van der Waals surface area (Å²) in [7, 11) is 2.15. The number of piperazine rings is 1. The molecule has 0 radical (unpaired) electrons. The van der Waals surface area contributed by atoms with Crippen LogP contribution in [0, 0.1) is 0 Å². The summed E-state index contributed by atoms with van der Waals surface area (Å²) in [5.41, 5.74) is 2.25. The number of anilines is 2. The smallest absolute Gasteiger partial charge is 0.186 e. The van der Waals surface area contributed by atoms with Gasteiger partial charge in [0.05, 0.1) is 13.2 Å². The van der Waals surface area contributed by atoms with Crippen LogP contribution in [-0.4, -0.2) is 102 Å². The Balaban J connectivity index is 1.47. The Bertz CT molecular complexity index is 1080. The van der Waals surface area contributed by atoms with Crippen molar-refractivity contribution >= 4 is 38.7 Å². The van der Waals surface area contributed by atoms with Gasteiger partial charge in [-0.05, 0) is 23.0 Å². The van der Waals surface area contributed by atoms with Gasteiger partial charge in [0.25, 0.3) is 0 Å². The van der Waals surface area contributed by atoms with Gasteiger partial charge >= 0.3 is 0 Å². The van der Waals surface area contributed by atoms with E-state index < -0.39 is 0 Å². The highest BCUT2D eigenvalue weighted by atomic mass is 79.9. The molecule has 5 rings (SSSR count). The molecule has 2 aliphatic rings. The highest BCUT2D eigenvalue weighted by molar-refractivity contribution is 9.10. The van der Waals surface area contributed by atoms with Crippen LogP contribution in [0.5, 0.6) is 0 Å². The van der Waals surface area contributed by atoms with Crippen molar-refractivity contribution in [1.82, 2.24) is 29.7 Å². The molecule has 0 atom stereocenters. The molecule has 0 spiro atoms. The van der Waals surface area contributed by atoms with Crippen LogP contribution >= 0.6 is 15.9 Å². The Hall–Kier alpha value is -2.40. The fourth-order valence-corrected chi connectivity index (χ4v) is 4.65. The Morgan fingerprint density at radius 3 is 2.45 bits per heavy atom. The lowest BCUT2D eigenvalue weighted by molar-refractivity contribution is 0.0398. The molecular formula is C23H29BrN8O. The van der Waals surface area contributed by atoms with Crippen LogP contribution < -0.4 is 10.2 Å². The fraction of sp³-hybridized carbons (Fsp3) is 0.478. The molecule has 2 aromatic heterocycles. The van der Waals surface area contributed by atoms with Crippen molar-refractivity contribution in [2.75, 3.05) is 82.8 Å². The van der Waals surface area contributed by atoms with Gasteiger partial charge in [-0.2, -0.15) is 0 Å². The number of nitrogens with zero attached hydrogens (tertiary/aromatic N) is 7. The van der Waals surface area contributed by atoms with Gasteiger partial charge in [-0.3, -0.25) is 4.90 Å². The predicted molar refractivity (Wildman–Crippen MR) is 134 cm³/mol. The zero-order chi connectivity index (χ0) is 22.6. The molecule has 9 nitrogen and oxygen atoms in total. The molecule has 1 N–H and O–H groups in total. The van der Waals surface area contributed by atoms with Gasteiger partial charge in [-0.25, -0.2) is 19.9 Å². The molecule has 3 aromatic rings. The van der Waals surface area contributed by atoms with Crippen molar-refractivity contribution in [3.8, 4) is 11.4 Å². The Morgan fingerprint density at radius 1 is 0.939 bits per heavy atom. The van der Waals surface area contributed by atoms with Crippen molar-refractivity contribution in [3.63, 3.8) is 0 Å². The van der Waals surface area contributed by atoms with E-state index in [1.165, 1.54) is 0 Å². The van der Waals surface area contributed by atoms with E-state index in [4.69, 9.17) is 24.7 Å². The molecule has 10 heteroatoms. The average Bonchev–Trinajstić information content (AvgIpc) is 2.85. The number of hydrogen-bond donors (Lipinski definition) is 1. The van der Waals surface area contributed by atoms with Crippen LogP contribution in [0.15, 0.2) is 34.9 Å². The largest absolute Gasteiger partial charge is 0.379 e. The molecule has 0 bridgehead atoms. The molecule has 33 heavy (non-hydrogen) atoms. The predicted octanol–water partition coefficient (Wildman–Crippen LogP) is 2.35. The van der Waals surface area contributed by atoms with Gasteiger partial charge in [-0.15, -0.1) is 0 Å². The second kappa shape index (κ2) is 10.3. The monoisotopic (exact) mass is 512 g/mol. The summed E-state index contributed by atoms with van der Waals surface area (Å²) >= 11 is 3.66. The van der Waals surface area contributed by atoms with Gasteiger partial charge in [0, 0.05) is 57.9 Å². The van der Waals surface area contributed by atoms with Crippen LogP contribution in [0.25, 0.3) is 22.6 Å². The van der Waals surface area contributed by atoms with Crippen molar-refractivity contribution < 1.29 is 4.74 Å². The zero-order valence-corrected chi connectivity index (χ0v) is 20.5. The van der Waals surface area contributed by atoms with Gasteiger partial charge in [-0.1, -0.05) is 30.3 Å².